The molecule has 0 bridgehead atoms. The third kappa shape index (κ3) is 3.72. The van der Waals surface area contributed by atoms with Gasteiger partial charge < -0.3 is 5.32 Å². The number of halogens is 1. The fourth-order valence-electron chi connectivity index (χ4n) is 4.07. The van der Waals surface area contributed by atoms with Crippen LogP contribution in [0.4, 0.5) is 0 Å². The van der Waals surface area contributed by atoms with E-state index in [1.54, 1.807) is 0 Å². The number of hydrogen-bond acceptors (Lipinski definition) is 3. The predicted molar refractivity (Wildman–Crippen MR) is 94.9 cm³/mol. The first-order valence-electron chi connectivity index (χ1n) is 8.44. The third-order valence-electron chi connectivity index (χ3n) is 5.23. The minimum Gasteiger partial charge on any atom is -0.311 e. The summed E-state index contributed by atoms with van der Waals surface area (Å²) in [6.45, 7) is 5.86. The number of nitrogens with one attached hydrogen (secondary N) is 1. The van der Waals surface area contributed by atoms with Gasteiger partial charge in [-0.2, -0.15) is 0 Å². The minimum atomic E-state index is 0.430. The molecule has 1 atom stereocenters. The van der Waals surface area contributed by atoms with Crippen molar-refractivity contribution < 1.29 is 0 Å². The molecule has 1 saturated heterocycles. The molecule has 1 N–H and O–H groups in total. The SMILES string of the molecule is CCCC1CN(Cc2ccc(Br)s2)C2(CCCCC2)CN1. The van der Waals surface area contributed by atoms with Gasteiger partial charge in [-0.3, -0.25) is 4.90 Å². The molecular formula is C17H27BrN2S. The maximum atomic E-state index is 3.85. The van der Waals surface area contributed by atoms with Crippen LogP contribution in [0.1, 0.15) is 56.7 Å². The lowest BCUT2D eigenvalue weighted by atomic mass is 9.78. The smallest absolute Gasteiger partial charge is 0.0701 e. The van der Waals surface area contributed by atoms with Crippen LogP contribution in [0.3, 0.4) is 0 Å². The van der Waals surface area contributed by atoms with E-state index in [0.717, 1.165) is 6.54 Å². The van der Waals surface area contributed by atoms with Crippen molar-refractivity contribution in [3.8, 4) is 0 Å². The van der Waals surface area contributed by atoms with Gasteiger partial charge in [-0.1, -0.05) is 32.6 Å². The molecule has 2 aliphatic rings. The van der Waals surface area contributed by atoms with Gasteiger partial charge in [0.2, 0.25) is 0 Å². The van der Waals surface area contributed by atoms with Crippen LogP contribution < -0.4 is 5.32 Å². The van der Waals surface area contributed by atoms with E-state index in [1.165, 1.54) is 66.7 Å². The van der Waals surface area contributed by atoms with Gasteiger partial charge in [-0.15, -0.1) is 11.3 Å². The van der Waals surface area contributed by atoms with Crippen LogP contribution >= 0.6 is 27.3 Å². The molecule has 2 nitrogen and oxygen atoms in total. The largest absolute Gasteiger partial charge is 0.311 e. The second-order valence-electron chi connectivity index (χ2n) is 6.74. The molecule has 1 unspecified atom stereocenters. The second kappa shape index (κ2) is 7.12. The van der Waals surface area contributed by atoms with Crippen LogP contribution in [0, 0.1) is 0 Å². The molecule has 2 fully saturated rings. The lowest BCUT2D eigenvalue weighted by molar-refractivity contribution is 0.00260. The Bertz CT molecular complexity index is 453. The Hall–Kier alpha value is 0.1000. The Balaban J connectivity index is 1.75. The van der Waals surface area contributed by atoms with E-state index < -0.39 is 0 Å². The standard InChI is InChI=1S/C17H27BrN2S/c1-2-6-14-11-20(12-15-7-8-16(18)21-15)17(13-19-14)9-4-3-5-10-17/h7-8,14,19H,2-6,9-13H2,1H3. The highest BCUT2D eigenvalue weighted by molar-refractivity contribution is 9.11. The van der Waals surface area contributed by atoms with Crippen molar-refractivity contribution in [1.82, 2.24) is 10.2 Å². The summed E-state index contributed by atoms with van der Waals surface area (Å²) in [5.41, 5.74) is 0.430. The summed E-state index contributed by atoms with van der Waals surface area (Å²) < 4.78 is 1.26. The summed E-state index contributed by atoms with van der Waals surface area (Å²) in [7, 11) is 0. The van der Waals surface area contributed by atoms with E-state index in [-0.39, 0.29) is 0 Å². The van der Waals surface area contributed by atoms with Gasteiger partial charge in [0.1, 0.15) is 0 Å². The zero-order chi connectivity index (χ0) is 14.7. The van der Waals surface area contributed by atoms with Crippen LogP contribution in [-0.2, 0) is 6.54 Å². The number of rotatable bonds is 4. The number of hydrogen-bond donors (Lipinski definition) is 1. The highest BCUT2D eigenvalue weighted by atomic mass is 79.9. The molecule has 1 aromatic heterocycles. The summed E-state index contributed by atoms with van der Waals surface area (Å²) in [5, 5.41) is 3.85. The lowest BCUT2D eigenvalue weighted by Gasteiger charge is -2.52. The van der Waals surface area contributed by atoms with Crippen molar-refractivity contribution in [1.29, 1.82) is 0 Å². The van der Waals surface area contributed by atoms with Gasteiger partial charge in [0, 0.05) is 36.1 Å². The van der Waals surface area contributed by atoms with Gasteiger partial charge in [0.05, 0.1) is 3.79 Å². The monoisotopic (exact) mass is 370 g/mol. The molecule has 1 aliphatic heterocycles. The zero-order valence-corrected chi connectivity index (χ0v) is 15.4. The lowest BCUT2D eigenvalue weighted by Crippen LogP contribution is -2.64. The molecule has 2 heterocycles. The van der Waals surface area contributed by atoms with Gasteiger partial charge in [-0.25, -0.2) is 0 Å². The molecule has 0 aromatic carbocycles. The molecule has 1 spiro atoms. The van der Waals surface area contributed by atoms with Crippen LogP contribution in [0.15, 0.2) is 15.9 Å². The van der Waals surface area contributed by atoms with Gasteiger partial charge in [0.15, 0.2) is 0 Å². The number of piperazine rings is 1. The molecular weight excluding hydrogens is 344 g/mol. The quantitative estimate of drug-likeness (QED) is 0.819. The maximum absolute atomic E-state index is 3.85. The van der Waals surface area contributed by atoms with Crippen LogP contribution in [-0.4, -0.2) is 29.6 Å². The molecule has 118 valence electrons. The van der Waals surface area contributed by atoms with Gasteiger partial charge in [-0.05, 0) is 47.3 Å². The van der Waals surface area contributed by atoms with Gasteiger partial charge in [0.25, 0.3) is 0 Å². The normalized spacial score (nSPS) is 26.3. The summed E-state index contributed by atoms with van der Waals surface area (Å²) in [6, 6.07) is 5.17. The summed E-state index contributed by atoms with van der Waals surface area (Å²) in [6.07, 6.45) is 9.59. The third-order valence-corrected chi connectivity index (χ3v) is 6.84. The van der Waals surface area contributed by atoms with Crippen molar-refractivity contribution in [3.05, 3.63) is 20.8 Å². The fraction of sp³-hybridized carbons (Fsp3) is 0.765. The summed E-state index contributed by atoms with van der Waals surface area (Å²) >= 11 is 5.51. The topological polar surface area (TPSA) is 15.3 Å². The first-order valence-corrected chi connectivity index (χ1v) is 10.1. The van der Waals surface area contributed by atoms with Crippen LogP contribution in [0.5, 0.6) is 0 Å². The van der Waals surface area contributed by atoms with Crippen molar-refractivity contribution in [2.75, 3.05) is 13.1 Å². The van der Waals surface area contributed by atoms with Crippen molar-refractivity contribution in [2.45, 2.75) is 70.0 Å². The van der Waals surface area contributed by atoms with Crippen molar-refractivity contribution >= 4 is 27.3 Å². The summed E-state index contributed by atoms with van der Waals surface area (Å²) in [5.74, 6) is 0. The van der Waals surface area contributed by atoms with E-state index >= 15 is 0 Å². The maximum Gasteiger partial charge on any atom is 0.0701 e. The minimum absolute atomic E-state index is 0.430. The summed E-state index contributed by atoms with van der Waals surface area (Å²) in [4.78, 5) is 4.32. The van der Waals surface area contributed by atoms with E-state index in [4.69, 9.17) is 0 Å². The molecule has 1 saturated carbocycles. The second-order valence-corrected chi connectivity index (χ2v) is 9.29. The van der Waals surface area contributed by atoms with E-state index in [1.807, 2.05) is 11.3 Å². The number of thiophene rings is 1. The highest BCUT2D eigenvalue weighted by Gasteiger charge is 2.41. The first kappa shape index (κ1) is 16.0. The molecule has 4 heteroatoms. The molecule has 1 aromatic rings. The van der Waals surface area contributed by atoms with Crippen molar-refractivity contribution in [3.63, 3.8) is 0 Å². The average molecular weight is 371 g/mol. The first-order chi connectivity index (χ1) is 10.2. The fourth-order valence-corrected chi connectivity index (χ4v) is 5.57. The van der Waals surface area contributed by atoms with Gasteiger partial charge >= 0.3 is 0 Å². The van der Waals surface area contributed by atoms with Crippen LogP contribution in [0.25, 0.3) is 0 Å². The molecule has 21 heavy (non-hydrogen) atoms. The Morgan fingerprint density at radius 2 is 2.14 bits per heavy atom. The zero-order valence-electron chi connectivity index (χ0n) is 13.0. The Kier molecular flexibility index (Phi) is 5.41. The molecule has 1 aliphatic carbocycles. The van der Waals surface area contributed by atoms with E-state index in [2.05, 4.69) is 45.2 Å². The molecule has 0 radical (unpaired) electrons. The molecule has 3 rings (SSSR count). The predicted octanol–water partition coefficient (Wildman–Crippen LogP) is 4.79. The highest BCUT2D eigenvalue weighted by Crippen LogP contribution is 2.37. The Labute approximate surface area is 141 Å². The van der Waals surface area contributed by atoms with E-state index in [0.29, 0.717) is 11.6 Å². The van der Waals surface area contributed by atoms with E-state index in [9.17, 15) is 0 Å². The van der Waals surface area contributed by atoms with Crippen molar-refractivity contribution in [2.24, 2.45) is 0 Å². The molecule has 0 amide bonds. The Morgan fingerprint density at radius 3 is 2.81 bits per heavy atom. The van der Waals surface area contributed by atoms with Crippen LogP contribution in [0.2, 0.25) is 0 Å². The number of nitrogens with zero attached hydrogens (tertiary/aromatic N) is 1. The Morgan fingerprint density at radius 1 is 1.33 bits per heavy atom. The average Bonchev–Trinajstić information content (AvgIpc) is 2.90.